The number of benzene rings is 1. The molecular formula is C13H8F3N3. The fourth-order valence-corrected chi connectivity index (χ4v) is 1.44. The third-order valence-electron chi connectivity index (χ3n) is 2.38. The largest absolute Gasteiger partial charge is 0.416 e. The lowest BCUT2D eigenvalue weighted by molar-refractivity contribution is -0.137. The highest BCUT2D eigenvalue weighted by atomic mass is 19.4. The minimum absolute atomic E-state index is 0.276. The van der Waals surface area contributed by atoms with Gasteiger partial charge in [-0.3, -0.25) is 0 Å². The Balaban J connectivity index is 2.13. The van der Waals surface area contributed by atoms with Gasteiger partial charge in [-0.25, -0.2) is 4.98 Å². The molecule has 96 valence electrons. The summed E-state index contributed by atoms with van der Waals surface area (Å²) in [7, 11) is 0. The van der Waals surface area contributed by atoms with Crippen molar-refractivity contribution in [2.24, 2.45) is 0 Å². The number of anilines is 2. The van der Waals surface area contributed by atoms with Crippen molar-refractivity contribution in [3.63, 3.8) is 0 Å². The Morgan fingerprint density at radius 1 is 1.00 bits per heavy atom. The fraction of sp³-hybridized carbons (Fsp3) is 0.0769. The van der Waals surface area contributed by atoms with Crippen LogP contribution in [-0.4, -0.2) is 4.98 Å². The highest BCUT2D eigenvalue weighted by molar-refractivity contribution is 5.59. The SMILES string of the molecule is N#Cc1ccc(Nc2ccc(C(F)(F)F)cc2)cn1. The van der Waals surface area contributed by atoms with Crippen LogP contribution in [0, 0.1) is 11.3 Å². The maximum Gasteiger partial charge on any atom is 0.416 e. The molecule has 1 N–H and O–H groups in total. The van der Waals surface area contributed by atoms with Gasteiger partial charge in [-0.05, 0) is 36.4 Å². The molecule has 1 aromatic carbocycles. The Hall–Kier alpha value is -2.55. The first kappa shape index (κ1) is 12.9. The molecule has 19 heavy (non-hydrogen) atoms. The zero-order chi connectivity index (χ0) is 13.9. The van der Waals surface area contributed by atoms with Crippen molar-refractivity contribution < 1.29 is 13.2 Å². The molecule has 0 saturated carbocycles. The minimum atomic E-state index is -4.34. The molecule has 1 heterocycles. The van der Waals surface area contributed by atoms with Crippen molar-refractivity contribution in [2.75, 3.05) is 5.32 Å². The minimum Gasteiger partial charge on any atom is -0.354 e. The number of aromatic nitrogens is 1. The second kappa shape index (κ2) is 4.98. The van der Waals surface area contributed by atoms with Crippen LogP contribution in [0.5, 0.6) is 0 Å². The molecule has 3 nitrogen and oxygen atoms in total. The summed E-state index contributed by atoms with van der Waals surface area (Å²) in [6, 6.07) is 9.69. The summed E-state index contributed by atoms with van der Waals surface area (Å²) >= 11 is 0. The van der Waals surface area contributed by atoms with Gasteiger partial charge in [-0.1, -0.05) is 0 Å². The zero-order valence-electron chi connectivity index (χ0n) is 9.57. The van der Waals surface area contributed by atoms with Gasteiger partial charge in [0.05, 0.1) is 17.4 Å². The molecule has 0 unspecified atom stereocenters. The van der Waals surface area contributed by atoms with E-state index in [1.807, 2.05) is 6.07 Å². The second-order valence-electron chi connectivity index (χ2n) is 3.74. The summed E-state index contributed by atoms with van der Waals surface area (Å²) in [6.45, 7) is 0. The molecule has 1 aromatic heterocycles. The number of nitrogens with zero attached hydrogens (tertiary/aromatic N) is 2. The second-order valence-corrected chi connectivity index (χ2v) is 3.74. The highest BCUT2D eigenvalue weighted by Crippen LogP contribution is 2.30. The maximum atomic E-state index is 12.4. The Labute approximate surface area is 107 Å². The van der Waals surface area contributed by atoms with Crippen molar-refractivity contribution in [2.45, 2.75) is 6.18 Å². The molecule has 2 rings (SSSR count). The summed E-state index contributed by atoms with van der Waals surface area (Å²) in [5, 5.41) is 11.5. The molecule has 0 fully saturated rings. The van der Waals surface area contributed by atoms with E-state index in [0.717, 1.165) is 12.1 Å². The van der Waals surface area contributed by atoms with E-state index in [1.165, 1.54) is 24.4 Å². The third kappa shape index (κ3) is 3.22. The Morgan fingerprint density at radius 2 is 1.63 bits per heavy atom. The first-order valence-electron chi connectivity index (χ1n) is 5.29. The topological polar surface area (TPSA) is 48.7 Å². The molecule has 0 radical (unpaired) electrons. The molecule has 0 saturated heterocycles. The summed E-state index contributed by atoms with van der Waals surface area (Å²) < 4.78 is 37.1. The molecule has 6 heteroatoms. The Kier molecular flexibility index (Phi) is 3.38. The summed E-state index contributed by atoms with van der Waals surface area (Å²) in [5.74, 6) is 0. The first-order valence-corrected chi connectivity index (χ1v) is 5.29. The van der Waals surface area contributed by atoms with Gasteiger partial charge in [-0.2, -0.15) is 18.4 Å². The van der Waals surface area contributed by atoms with Crippen LogP contribution in [0.15, 0.2) is 42.6 Å². The standard InChI is InChI=1S/C13H8F3N3/c14-13(15,16)9-1-3-10(4-2-9)19-12-6-5-11(7-17)18-8-12/h1-6,8,19H. The number of pyridine rings is 1. The van der Waals surface area contributed by atoms with E-state index in [2.05, 4.69) is 10.3 Å². The van der Waals surface area contributed by atoms with E-state index in [0.29, 0.717) is 11.4 Å². The number of hydrogen-bond acceptors (Lipinski definition) is 3. The van der Waals surface area contributed by atoms with Gasteiger partial charge in [-0.15, -0.1) is 0 Å². The van der Waals surface area contributed by atoms with E-state index in [9.17, 15) is 13.2 Å². The Morgan fingerprint density at radius 3 is 2.11 bits per heavy atom. The lowest BCUT2D eigenvalue weighted by Gasteiger charge is -2.09. The molecule has 0 spiro atoms. The van der Waals surface area contributed by atoms with Crippen LogP contribution in [0.4, 0.5) is 24.5 Å². The lowest BCUT2D eigenvalue weighted by Crippen LogP contribution is -2.04. The van der Waals surface area contributed by atoms with E-state index in [4.69, 9.17) is 5.26 Å². The molecule has 0 atom stereocenters. The van der Waals surface area contributed by atoms with Gasteiger partial charge < -0.3 is 5.32 Å². The summed E-state index contributed by atoms with van der Waals surface area (Å²) in [6.07, 6.45) is -2.90. The zero-order valence-corrected chi connectivity index (χ0v) is 9.57. The van der Waals surface area contributed by atoms with Crippen LogP contribution in [0.3, 0.4) is 0 Å². The number of nitriles is 1. The van der Waals surface area contributed by atoms with Crippen LogP contribution in [-0.2, 0) is 6.18 Å². The van der Waals surface area contributed by atoms with E-state index >= 15 is 0 Å². The third-order valence-corrected chi connectivity index (χ3v) is 2.38. The normalized spacial score (nSPS) is 10.8. The molecule has 2 aromatic rings. The Bertz CT molecular complexity index is 595. The van der Waals surface area contributed by atoms with Crippen LogP contribution in [0.25, 0.3) is 0 Å². The lowest BCUT2D eigenvalue weighted by atomic mass is 10.2. The van der Waals surface area contributed by atoms with Gasteiger partial charge in [0.2, 0.25) is 0 Å². The molecule has 0 bridgehead atoms. The first-order chi connectivity index (χ1) is 8.99. The number of nitrogens with one attached hydrogen (secondary N) is 1. The van der Waals surface area contributed by atoms with Crippen molar-refractivity contribution in [3.8, 4) is 6.07 Å². The van der Waals surface area contributed by atoms with E-state index in [-0.39, 0.29) is 5.69 Å². The van der Waals surface area contributed by atoms with Gasteiger partial charge in [0.1, 0.15) is 11.8 Å². The molecule has 0 aliphatic heterocycles. The van der Waals surface area contributed by atoms with Crippen molar-refractivity contribution in [1.82, 2.24) is 4.98 Å². The van der Waals surface area contributed by atoms with Crippen molar-refractivity contribution >= 4 is 11.4 Å². The summed E-state index contributed by atoms with van der Waals surface area (Å²) in [5.41, 5.74) is 0.687. The molecule has 0 aliphatic rings. The summed E-state index contributed by atoms with van der Waals surface area (Å²) in [4.78, 5) is 3.85. The van der Waals surface area contributed by atoms with Crippen LogP contribution in [0.2, 0.25) is 0 Å². The van der Waals surface area contributed by atoms with Crippen LogP contribution < -0.4 is 5.32 Å². The van der Waals surface area contributed by atoms with Gasteiger partial charge >= 0.3 is 6.18 Å². The number of alkyl halides is 3. The molecular weight excluding hydrogens is 255 g/mol. The monoisotopic (exact) mass is 263 g/mol. The van der Waals surface area contributed by atoms with Gasteiger partial charge in [0, 0.05) is 5.69 Å². The maximum absolute atomic E-state index is 12.4. The van der Waals surface area contributed by atoms with Crippen LogP contribution >= 0.6 is 0 Å². The van der Waals surface area contributed by atoms with Crippen molar-refractivity contribution in [1.29, 1.82) is 5.26 Å². The fourth-order valence-electron chi connectivity index (χ4n) is 1.44. The number of halogens is 3. The number of hydrogen-bond donors (Lipinski definition) is 1. The van der Waals surface area contributed by atoms with Crippen molar-refractivity contribution in [3.05, 3.63) is 53.9 Å². The van der Waals surface area contributed by atoms with E-state index in [1.54, 1.807) is 6.07 Å². The average Bonchev–Trinajstić information content (AvgIpc) is 2.39. The highest BCUT2D eigenvalue weighted by Gasteiger charge is 2.29. The van der Waals surface area contributed by atoms with E-state index < -0.39 is 11.7 Å². The van der Waals surface area contributed by atoms with Crippen LogP contribution in [0.1, 0.15) is 11.3 Å². The molecule has 0 aliphatic carbocycles. The molecule has 0 amide bonds. The van der Waals surface area contributed by atoms with Gasteiger partial charge in [0.25, 0.3) is 0 Å². The smallest absolute Gasteiger partial charge is 0.354 e. The quantitative estimate of drug-likeness (QED) is 0.898. The predicted octanol–water partition coefficient (Wildman–Crippen LogP) is 3.72. The average molecular weight is 263 g/mol. The predicted molar refractivity (Wildman–Crippen MR) is 63.7 cm³/mol. The van der Waals surface area contributed by atoms with Gasteiger partial charge in [0.15, 0.2) is 0 Å². The number of rotatable bonds is 2.